The van der Waals surface area contributed by atoms with Gasteiger partial charge in [0.1, 0.15) is 17.6 Å². The number of aliphatic hydroxyl groups excluding tert-OH is 1. The van der Waals surface area contributed by atoms with Crippen molar-refractivity contribution in [2.45, 2.75) is 45.6 Å². The zero-order valence-electron chi connectivity index (χ0n) is 17.7. The molecule has 12 heteroatoms. The number of Topliss-reactive ketones (excluding diaryl/α,β-unsaturated/α-hetero) is 1. The largest absolute Gasteiger partial charge is 0.389 e. The van der Waals surface area contributed by atoms with Gasteiger partial charge in [0.25, 0.3) is 0 Å². The summed E-state index contributed by atoms with van der Waals surface area (Å²) in [5.41, 5.74) is 0.215. The molecule has 2 heterocycles. The van der Waals surface area contributed by atoms with Crippen molar-refractivity contribution in [3.8, 4) is 0 Å². The minimum atomic E-state index is -3.99. The van der Waals surface area contributed by atoms with Crippen LogP contribution in [-0.2, 0) is 27.9 Å². The van der Waals surface area contributed by atoms with E-state index in [1.165, 1.54) is 12.1 Å². The van der Waals surface area contributed by atoms with Gasteiger partial charge in [-0.2, -0.15) is 0 Å². The first-order valence-electron chi connectivity index (χ1n) is 10.2. The van der Waals surface area contributed by atoms with Gasteiger partial charge in [0.15, 0.2) is 12.1 Å². The molecule has 0 radical (unpaired) electrons. The molecule has 0 saturated carbocycles. The first-order chi connectivity index (χ1) is 16.0. The van der Waals surface area contributed by atoms with Gasteiger partial charge in [-0.15, -0.1) is 0 Å². The van der Waals surface area contributed by atoms with Crippen molar-refractivity contribution in [1.82, 2.24) is 0 Å². The molecular formula is C22H21Cl3O7S2. The van der Waals surface area contributed by atoms with Crippen molar-refractivity contribution < 1.29 is 32.5 Å². The zero-order valence-corrected chi connectivity index (χ0v) is 21.6. The number of rotatable bonds is 5. The third-order valence-corrected chi connectivity index (χ3v) is 9.71. The summed E-state index contributed by atoms with van der Waals surface area (Å²) in [5.74, 6) is -2.49. The maximum atomic E-state index is 13.1. The Balaban J connectivity index is 1.62. The highest BCUT2D eigenvalue weighted by molar-refractivity contribution is 8.72. The maximum absolute atomic E-state index is 13.1. The summed E-state index contributed by atoms with van der Waals surface area (Å²) in [7, 11) is -3.61. The number of fused-ring (bicyclic) bond motifs is 1. The molecule has 2 aliphatic rings. The molecule has 0 aliphatic carbocycles. The lowest BCUT2D eigenvalue weighted by Gasteiger charge is -2.47. The zero-order chi connectivity index (χ0) is 24.7. The molecule has 0 bridgehead atoms. The Morgan fingerprint density at radius 3 is 2.32 bits per heavy atom. The van der Waals surface area contributed by atoms with E-state index >= 15 is 0 Å². The van der Waals surface area contributed by atoms with E-state index in [4.69, 9.17) is 49.0 Å². The molecule has 6 atom stereocenters. The Morgan fingerprint density at radius 2 is 1.71 bits per heavy atom. The van der Waals surface area contributed by atoms with Crippen LogP contribution in [0.2, 0.25) is 0 Å². The van der Waals surface area contributed by atoms with Crippen LogP contribution in [0.5, 0.6) is 0 Å². The molecule has 0 spiro atoms. The van der Waals surface area contributed by atoms with Crippen molar-refractivity contribution in [1.29, 1.82) is 0 Å². The topological polar surface area (TPSA) is 99.1 Å². The summed E-state index contributed by atoms with van der Waals surface area (Å²) >= 11 is 17.5. The fourth-order valence-corrected chi connectivity index (χ4v) is 7.52. The summed E-state index contributed by atoms with van der Waals surface area (Å²) < 4.78 is 41.3. The number of ether oxygens (including phenoxy) is 3. The van der Waals surface area contributed by atoms with Gasteiger partial charge in [0.2, 0.25) is 12.7 Å². The van der Waals surface area contributed by atoms with Crippen molar-refractivity contribution in [3.63, 3.8) is 0 Å². The Morgan fingerprint density at radius 1 is 1.06 bits per heavy atom. The number of halogens is 3. The van der Waals surface area contributed by atoms with Crippen LogP contribution in [-0.4, -0.2) is 53.5 Å². The number of benzene rings is 2. The quantitative estimate of drug-likeness (QED) is 0.425. The second-order valence-electron chi connectivity index (χ2n) is 7.96. The fraction of sp³-hybridized carbons (Fsp3) is 0.409. The minimum Gasteiger partial charge on any atom is -0.389 e. The molecule has 1 unspecified atom stereocenters. The van der Waals surface area contributed by atoms with Crippen LogP contribution in [0.4, 0.5) is 0 Å². The van der Waals surface area contributed by atoms with Crippen LogP contribution in [0.3, 0.4) is 0 Å². The van der Waals surface area contributed by atoms with Crippen LogP contribution in [0, 0.1) is 12.8 Å². The third-order valence-electron chi connectivity index (χ3n) is 5.55. The normalized spacial score (nSPS) is 29.9. The van der Waals surface area contributed by atoms with E-state index in [1.54, 1.807) is 36.4 Å². The number of aliphatic hydroxyl groups is 1. The van der Waals surface area contributed by atoms with Crippen molar-refractivity contribution in [2.75, 3.05) is 6.61 Å². The van der Waals surface area contributed by atoms with Gasteiger partial charge in [-0.25, -0.2) is 8.42 Å². The summed E-state index contributed by atoms with van der Waals surface area (Å²) in [5, 5.41) is 11.2. The van der Waals surface area contributed by atoms with Crippen LogP contribution in [0.15, 0.2) is 59.5 Å². The van der Waals surface area contributed by atoms with E-state index in [0.29, 0.717) is 16.4 Å². The van der Waals surface area contributed by atoms with Gasteiger partial charge >= 0.3 is 0 Å². The number of ketones is 1. The average molecular weight is 568 g/mol. The number of alkyl halides is 3. The van der Waals surface area contributed by atoms with E-state index in [-0.39, 0.29) is 11.5 Å². The summed E-state index contributed by atoms with van der Waals surface area (Å²) in [6.07, 6.45) is -4.19. The van der Waals surface area contributed by atoms with Gasteiger partial charge in [-0.05, 0) is 19.1 Å². The highest BCUT2D eigenvalue weighted by atomic mass is 35.6. The maximum Gasteiger partial charge on any atom is 0.249 e. The van der Waals surface area contributed by atoms with E-state index in [0.717, 1.165) is 5.56 Å². The summed E-state index contributed by atoms with van der Waals surface area (Å²) in [6, 6.07) is 15.2. The smallest absolute Gasteiger partial charge is 0.249 e. The Hall–Kier alpha value is -0.880. The second kappa shape index (κ2) is 10.2. The first-order valence-corrected chi connectivity index (χ1v) is 14.3. The van der Waals surface area contributed by atoms with Gasteiger partial charge in [0.05, 0.1) is 23.5 Å². The van der Waals surface area contributed by atoms with Crippen molar-refractivity contribution >= 4 is 60.2 Å². The standard InChI is InChI=1S/C22H21Cl3O7S2/c1-12-7-9-14(10-8-12)34(28,29)33-21-16(19(27)22(23,24)25)17(26)18-15(31-21)11-30-20(32-18)13-5-3-2-4-6-13/h2-10,15-18,20-21,26H,11H2,1H3/t15-,16+,17-,18-,20?,21+/m1/s1. The minimum absolute atomic E-state index is 0.00238. The number of hydrogen-bond donors (Lipinski definition) is 1. The van der Waals surface area contributed by atoms with Crippen LogP contribution in [0.1, 0.15) is 17.4 Å². The molecular weight excluding hydrogens is 547 g/mol. The molecule has 2 saturated heterocycles. The monoisotopic (exact) mass is 566 g/mol. The van der Waals surface area contributed by atoms with Crippen molar-refractivity contribution in [3.05, 3.63) is 65.7 Å². The van der Waals surface area contributed by atoms with Gasteiger partial charge in [0, 0.05) is 16.4 Å². The average Bonchev–Trinajstić information content (AvgIpc) is 2.79. The Kier molecular flexibility index (Phi) is 7.89. The van der Waals surface area contributed by atoms with Gasteiger partial charge < -0.3 is 19.3 Å². The highest BCUT2D eigenvalue weighted by Crippen LogP contribution is 2.45. The lowest BCUT2D eigenvalue weighted by molar-refractivity contribution is -0.309. The number of hydrogen-bond acceptors (Lipinski definition) is 8. The van der Waals surface area contributed by atoms with Gasteiger partial charge in [-0.1, -0.05) is 82.8 Å². The molecule has 0 aromatic heterocycles. The predicted octanol–water partition coefficient (Wildman–Crippen LogP) is 4.17. The van der Waals surface area contributed by atoms with Crippen molar-refractivity contribution in [2.24, 2.45) is 5.92 Å². The molecule has 184 valence electrons. The van der Waals surface area contributed by atoms with E-state index in [9.17, 15) is 18.3 Å². The molecule has 2 aromatic rings. The first kappa shape index (κ1) is 26.2. The number of carbonyl (C=O) groups excluding carboxylic acids is 1. The van der Waals surface area contributed by atoms with E-state index < -0.39 is 54.4 Å². The number of aryl methyl sites for hydroxylation is 1. The van der Waals surface area contributed by atoms with E-state index in [1.807, 2.05) is 13.0 Å². The highest BCUT2D eigenvalue weighted by Gasteiger charge is 2.56. The lowest BCUT2D eigenvalue weighted by Crippen LogP contribution is -2.61. The lowest BCUT2D eigenvalue weighted by atomic mass is 9.88. The molecule has 2 fully saturated rings. The Bertz CT molecular complexity index is 1120. The second-order valence-corrected chi connectivity index (χ2v) is 14.2. The summed E-state index contributed by atoms with van der Waals surface area (Å²) in [4.78, 5) is 13.0. The molecule has 2 aliphatic heterocycles. The third kappa shape index (κ3) is 5.58. The Labute approximate surface area is 215 Å². The molecule has 34 heavy (non-hydrogen) atoms. The molecule has 7 nitrogen and oxygen atoms in total. The summed E-state index contributed by atoms with van der Waals surface area (Å²) in [6.45, 7) is 1.82. The molecule has 2 aromatic carbocycles. The van der Waals surface area contributed by atoms with Crippen LogP contribution >= 0.6 is 45.6 Å². The number of carbonyl (C=O) groups is 1. The molecule has 4 rings (SSSR count). The predicted molar refractivity (Wildman–Crippen MR) is 129 cm³/mol. The van der Waals surface area contributed by atoms with Crippen LogP contribution in [0.25, 0.3) is 0 Å². The molecule has 0 amide bonds. The fourth-order valence-electron chi connectivity index (χ4n) is 3.81. The van der Waals surface area contributed by atoms with Crippen LogP contribution < -0.4 is 0 Å². The van der Waals surface area contributed by atoms with E-state index in [2.05, 4.69) is 0 Å². The molecule has 1 N–H and O–H groups in total. The SMILES string of the molecule is Cc1ccc(S(=O)(=O)S[C@@H]2O[C@@H]3COC(c4ccccc4)O[C@H]3[C@H](O)[C@H]2C(=O)C(Cl)(Cl)Cl)cc1. The van der Waals surface area contributed by atoms with Gasteiger partial charge in [-0.3, -0.25) is 4.79 Å².